The van der Waals surface area contributed by atoms with E-state index >= 15 is 0 Å². The summed E-state index contributed by atoms with van der Waals surface area (Å²) >= 11 is 0. The quantitative estimate of drug-likeness (QED) is 0.730. The molecule has 1 aromatic heterocycles. The fourth-order valence-corrected chi connectivity index (χ4v) is 2.36. The van der Waals surface area contributed by atoms with Crippen LogP contribution in [0.15, 0.2) is 12.3 Å². The van der Waals surface area contributed by atoms with Crippen molar-refractivity contribution in [3.8, 4) is 0 Å². The van der Waals surface area contributed by atoms with Crippen molar-refractivity contribution in [2.45, 2.75) is 18.4 Å². The standard InChI is InChI=1S/C13H19N3O4/c1-16(8-13(19)2-4-20-5-3-13)11-10(12(17)18)6-9(14)7-15-11/h6-7,19H,2-5,8,14H2,1H3,(H,17,18). The maximum absolute atomic E-state index is 11.2. The van der Waals surface area contributed by atoms with Crippen LogP contribution in [0, 0.1) is 0 Å². The van der Waals surface area contributed by atoms with E-state index in [2.05, 4.69) is 4.98 Å². The van der Waals surface area contributed by atoms with Crippen molar-refractivity contribution in [1.82, 2.24) is 4.98 Å². The maximum Gasteiger partial charge on any atom is 0.339 e. The number of anilines is 2. The van der Waals surface area contributed by atoms with Crippen molar-refractivity contribution < 1.29 is 19.7 Å². The summed E-state index contributed by atoms with van der Waals surface area (Å²) in [6.45, 7) is 1.31. The summed E-state index contributed by atoms with van der Waals surface area (Å²) < 4.78 is 5.23. The molecule has 2 rings (SSSR count). The molecule has 0 atom stereocenters. The van der Waals surface area contributed by atoms with Crippen molar-refractivity contribution in [3.63, 3.8) is 0 Å². The van der Waals surface area contributed by atoms with Gasteiger partial charge in [-0.25, -0.2) is 9.78 Å². The van der Waals surface area contributed by atoms with Gasteiger partial charge in [-0.05, 0) is 6.07 Å². The van der Waals surface area contributed by atoms with Crippen LogP contribution in [0.1, 0.15) is 23.2 Å². The number of nitrogens with two attached hydrogens (primary N) is 1. The third-order valence-electron chi connectivity index (χ3n) is 3.43. The van der Waals surface area contributed by atoms with Crippen molar-refractivity contribution in [2.24, 2.45) is 0 Å². The van der Waals surface area contributed by atoms with Gasteiger partial charge in [-0.3, -0.25) is 0 Å². The highest BCUT2D eigenvalue weighted by Gasteiger charge is 2.32. The smallest absolute Gasteiger partial charge is 0.339 e. The van der Waals surface area contributed by atoms with Crippen molar-refractivity contribution >= 4 is 17.5 Å². The molecule has 0 radical (unpaired) electrons. The Morgan fingerprint density at radius 2 is 2.20 bits per heavy atom. The number of carboxylic acid groups (broad SMARTS) is 1. The van der Waals surface area contributed by atoms with Crippen LogP contribution in [-0.4, -0.2) is 53.6 Å². The van der Waals surface area contributed by atoms with Gasteiger partial charge in [-0.2, -0.15) is 0 Å². The van der Waals surface area contributed by atoms with Gasteiger partial charge in [0.05, 0.1) is 17.5 Å². The van der Waals surface area contributed by atoms with E-state index in [9.17, 15) is 15.0 Å². The van der Waals surface area contributed by atoms with E-state index in [1.807, 2.05) is 0 Å². The molecule has 0 spiro atoms. The minimum Gasteiger partial charge on any atom is -0.478 e. The zero-order chi connectivity index (χ0) is 14.8. The lowest BCUT2D eigenvalue weighted by atomic mass is 9.94. The minimum atomic E-state index is -1.09. The molecule has 0 bridgehead atoms. The molecule has 0 amide bonds. The molecule has 7 nitrogen and oxygen atoms in total. The maximum atomic E-state index is 11.2. The first kappa shape index (κ1) is 14.5. The molecule has 4 N–H and O–H groups in total. The van der Waals surface area contributed by atoms with Gasteiger partial charge in [0.15, 0.2) is 0 Å². The van der Waals surface area contributed by atoms with Crippen LogP contribution in [-0.2, 0) is 4.74 Å². The van der Waals surface area contributed by atoms with E-state index in [1.165, 1.54) is 12.3 Å². The zero-order valence-corrected chi connectivity index (χ0v) is 11.4. The molecule has 0 aromatic carbocycles. The number of pyridine rings is 1. The van der Waals surface area contributed by atoms with Crippen LogP contribution in [0.3, 0.4) is 0 Å². The average Bonchev–Trinajstić information content (AvgIpc) is 2.38. The highest BCUT2D eigenvalue weighted by Crippen LogP contribution is 2.25. The predicted molar refractivity (Wildman–Crippen MR) is 73.9 cm³/mol. The fraction of sp³-hybridized carbons (Fsp3) is 0.538. The number of nitrogens with zero attached hydrogens (tertiary/aromatic N) is 2. The molecule has 1 fully saturated rings. The molecule has 0 unspecified atom stereocenters. The normalized spacial score (nSPS) is 17.7. The number of aromatic nitrogens is 1. The van der Waals surface area contributed by atoms with E-state index in [0.717, 1.165) is 0 Å². The summed E-state index contributed by atoms with van der Waals surface area (Å²) in [6, 6.07) is 1.37. The van der Waals surface area contributed by atoms with Gasteiger partial charge in [-0.15, -0.1) is 0 Å². The molecule has 2 heterocycles. The number of carboxylic acids is 1. The number of rotatable bonds is 4. The number of hydrogen-bond donors (Lipinski definition) is 3. The molecule has 1 aromatic rings. The lowest BCUT2D eigenvalue weighted by Gasteiger charge is -2.36. The first-order valence-electron chi connectivity index (χ1n) is 6.41. The minimum absolute atomic E-state index is 0.0307. The Balaban J connectivity index is 2.20. The van der Waals surface area contributed by atoms with Gasteiger partial charge in [-0.1, -0.05) is 0 Å². The highest BCUT2D eigenvalue weighted by molar-refractivity contribution is 5.94. The lowest BCUT2D eigenvalue weighted by molar-refractivity contribution is -0.0573. The SMILES string of the molecule is CN(CC1(O)CCOCC1)c1ncc(N)cc1C(=O)O. The van der Waals surface area contributed by atoms with E-state index in [-0.39, 0.29) is 5.56 Å². The molecule has 1 aliphatic rings. The monoisotopic (exact) mass is 281 g/mol. The molecular weight excluding hydrogens is 262 g/mol. The van der Waals surface area contributed by atoms with Gasteiger partial charge in [0.1, 0.15) is 11.4 Å². The zero-order valence-electron chi connectivity index (χ0n) is 11.4. The Hall–Kier alpha value is -1.86. The van der Waals surface area contributed by atoms with Gasteiger partial charge < -0.3 is 25.6 Å². The van der Waals surface area contributed by atoms with Crippen LogP contribution < -0.4 is 10.6 Å². The highest BCUT2D eigenvalue weighted by atomic mass is 16.5. The molecule has 1 saturated heterocycles. The number of hydrogen-bond acceptors (Lipinski definition) is 6. The third-order valence-corrected chi connectivity index (χ3v) is 3.43. The number of aromatic carboxylic acids is 1. The van der Waals surface area contributed by atoms with E-state index in [4.69, 9.17) is 10.5 Å². The summed E-state index contributed by atoms with van der Waals surface area (Å²) in [6.07, 6.45) is 2.45. The van der Waals surface area contributed by atoms with Crippen LogP contribution in [0.25, 0.3) is 0 Å². The second kappa shape index (κ2) is 5.64. The van der Waals surface area contributed by atoms with Gasteiger partial charge in [0, 0.05) is 39.6 Å². The van der Waals surface area contributed by atoms with E-state index < -0.39 is 11.6 Å². The van der Waals surface area contributed by atoms with Gasteiger partial charge in [0.25, 0.3) is 0 Å². The Morgan fingerprint density at radius 3 is 2.80 bits per heavy atom. The van der Waals surface area contributed by atoms with Gasteiger partial charge >= 0.3 is 5.97 Å². The largest absolute Gasteiger partial charge is 0.478 e. The van der Waals surface area contributed by atoms with Crippen molar-refractivity contribution in [2.75, 3.05) is 37.4 Å². The summed E-state index contributed by atoms with van der Waals surface area (Å²) in [5.74, 6) is -0.794. The van der Waals surface area contributed by atoms with Crippen LogP contribution >= 0.6 is 0 Å². The number of ether oxygens (including phenoxy) is 1. The number of carbonyl (C=O) groups is 1. The number of nitrogen functional groups attached to an aromatic ring is 1. The third kappa shape index (κ3) is 3.17. The molecule has 0 saturated carbocycles. The summed E-state index contributed by atoms with van der Waals surface area (Å²) in [4.78, 5) is 17.0. The van der Waals surface area contributed by atoms with Crippen molar-refractivity contribution in [3.05, 3.63) is 17.8 Å². The van der Waals surface area contributed by atoms with Crippen LogP contribution in [0.5, 0.6) is 0 Å². The molecule has 110 valence electrons. The number of aliphatic hydroxyl groups is 1. The molecular formula is C13H19N3O4. The van der Waals surface area contributed by atoms with E-state index in [1.54, 1.807) is 11.9 Å². The van der Waals surface area contributed by atoms with Crippen LogP contribution in [0.2, 0.25) is 0 Å². The first-order chi connectivity index (χ1) is 9.41. The topological polar surface area (TPSA) is 109 Å². The Labute approximate surface area is 117 Å². The second-order valence-electron chi connectivity index (χ2n) is 5.14. The molecule has 7 heteroatoms. The summed E-state index contributed by atoms with van der Waals surface area (Å²) in [7, 11) is 1.71. The van der Waals surface area contributed by atoms with Crippen LogP contribution in [0.4, 0.5) is 11.5 Å². The molecule has 20 heavy (non-hydrogen) atoms. The lowest BCUT2D eigenvalue weighted by Crippen LogP contribution is -2.46. The first-order valence-corrected chi connectivity index (χ1v) is 6.41. The fourth-order valence-electron chi connectivity index (χ4n) is 2.36. The summed E-state index contributed by atoms with van der Waals surface area (Å²) in [5.41, 5.74) is 5.01. The Bertz CT molecular complexity index is 500. The number of likely N-dealkylation sites (N-methyl/N-ethyl adjacent to an activating group) is 1. The van der Waals surface area contributed by atoms with Gasteiger partial charge in [0.2, 0.25) is 0 Å². The summed E-state index contributed by atoms with van der Waals surface area (Å²) in [5, 5.41) is 19.7. The Morgan fingerprint density at radius 1 is 1.55 bits per heavy atom. The Kier molecular flexibility index (Phi) is 4.10. The average molecular weight is 281 g/mol. The molecule has 1 aliphatic heterocycles. The predicted octanol–water partition coefficient (Wildman–Crippen LogP) is 0.340. The van der Waals surface area contributed by atoms with Crippen molar-refractivity contribution in [1.29, 1.82) is 0 Å². The van der Waals surface area contributed by atoms with E-state index in [0.29, 0.717) is 44.1 Å². The second-order valence-corrected chi connectivity index (χ2v) is 5.14. The molecule has 0 aliphatic carbocycles.